The van der Waals surface area contributed by atoms with E-state index >= 15 is 0 Å². The van der Waals surface area contributed by atoms with E-state index in [0.29, 0.717) is 5.69 Å². The van der Waals surface area contributed by atoms with Gasteiger partial charge in [-0.15, -0.1) is 5.10 Å². The van der Waals surface area contributed by atoms with Crippen LogP contribution in [0, 0.1) is 18.3 Å². The molecule has 1 aromatic rings. The minimum Gasteiger partial charge on any atom is -0.191 e. The molecule has 0 fully saturated rings. The Kier molecular flexibility index (Phi) is 11.5. The van der Waals surface area contributed by atoms with Crippen LogP contribution in [0.5, 0.6) is 0 Å². The topological polar surface area (TPSA) is 49.6 Å². The summed E-state index contributed by atoms with van der Waals surface area (Å²) in [6.45, 7) is 9.83. The number of hydrogen-bond acceptors (Lipinski definition) is 3. The molecule has 0 aliphatic carbocycles. The smallest absolute Gasteiger partial charge is 0.163 e. The SMILES string of the molecule is CC.CC.Cc1ccc(C#N)nn1. The van der Waals surface area contributed by atoms with Crippen LogP contribution >= 0.6 is 0 Å². The molecule has 0 unspecified atom stereocenters. The molecule has 3 nitrogen and oxygen atoms in total. The van der Waals surface area contributed by atoms with Crippen LogP contribution in [0.15, 0.2) is 12.1 Å². The van der Waals surface area contributed by atoms with Gasteiger partial charge in [0.05, 0.1) is 5.69 Å². The van der Waals surface area contributed by atoms with Gasteiger partial charge in [-0.1, -0.05) is 27.7 Å². The first-order valence-corrected chi connectivity index (χ1v) is 4.53. The number of nitriles is 1. The van der Waals surface area contributed by atoms with E-state index in [-0.39, 0.29) is 0 Å². The molecule has 1 rings (SSSR count). The average Bonchev–Trinajstić information content (AvgIpc) is 2.25. The van der Waals surface area contributed by atoms with Crippen LogP contribution in [-0.4, -0.2) is 10.2 Å². The first-order chi connectivity index (χ1) is 6.33. The molecule has 0 amide bonds. The zero-order valence-corrected chi connectivity index (χ0v) is 9.00. The second kappa shape index (κ2) is 10.6. The lowest BCUT2D eigenvalue weighted by molar-refractivity contribution is 0.963. The molecule has 0 aliphatic rings. The van der Waals surface area contributed by atoms with Crippen molar-refractivity contribution in [2.45, 2.75) is 34.6 Å². The van der Waals surface area contributed by atoms with E-state index in [4.69, 9.17) is 5.26 Å². The van der Waals surface area contributed by atoms with Gasteiger partial charge in [0.1, 0.15) is 6.07 Å². The Balaban J connectivity index is 0. The minimum atomic E-state index is 0.362. The van der Waals surface area contributed by atoms with Crippen molar-refractivity contribution in [3.05, 3.63) is 23.5 Å². The molecular formula is C10H17N3. The lowest BCUT2D eigenvalue weighted by Gasteiger charge is -1.85. The van der Waals surface area contributed by atoms with Crippen molar-refractivity contribution in [1.82, 2.24) is 10.2 Å². The highest BCUT2D eigenvalue weighted by atomic mass is 15.1. The van der Waals surface area contributed by atoms with E-state index in [2.05, 4.69) is 10.2 Å². The molecule has 13 heavy (non-hydrogen) atoms. The van der Waals surface area contributed by atoms with Gasteiger partial charge in [-0.3, -0.25) is 0 Å². The highest BCUT2D eigenvalue weighted by Crippen LogP contribution is 1.90. The molecule has 1 heterocycles. The Labute approximate surface area is 80.4 Å². The third kappa shape index (κ3) is 6.95. The van der Waals surface area contributed by atoms with Crippen molar-refractivity contribution in [2.24, 2.45) is 0 Å². The summed E-state index contributed by atoms with van der Waals surface area (Å²) >= 11 is 0. The first-order valence-electron chi connectivity index (χ1n) is 4.53. The second-order valence-electron chi connectivity index (χ2n) is 1.67. The zero-order chi connectivity index (χ0) is 10.7. The van der Waals surface area contributed by atoms with Crippen LogP contribution in [-0.2, 0) is 0 Å². The number of aryl methyl sites for hydroxylation is 1. The largest absolute Gasteiger partial charge is 0.191 e. The number of nitrogens with zero attached hydrogens (tertiary/aromatic N) is 3. The maximum atomic E-state index is 8.28. The van der Waals surface area contributed by atoms with Crippen LogP contribution < -0.4 is 0 Å². The van der Waals surface area contributed by atoms with Crippen molar-refractivity contribution in [2.75, 3.05) is 0 Å². The first kappa shape index (κ1) is 14.1. The molecule has 3 heteroatoms. The van der Waals surface area contributed by atoms with Gasteiger partial charge in [0.25, 0.3) is 0 Å². The summed E-state index contributed by atoms with van der Waals surface area (Å²) in [6.07, 6.45) is 0. The van der Waals surface area contributed by atoms with E-state index < -0.39 is 0 Å². The molecule has 0 aromatic carbocycles. The number of rotatable bonds is 0. The Bertz CT molecular complexity index is 233. The second-order valence-corrected chi connectivity index (χ2v) is 1.67. The summed E-state index contributed by atoms with van der Waals surface area (Å²) in [7, 11) is 0. The molecule has 0 N–H and O–H groups in total. The maximum Gasteiger partial charge on any atom is 0.163 e. The van der Waals surface area contributed by atoms with Crippen molar-refractivity contribution in [1.29, 1.82) is 5.26 Å². The molecular weight excluding hydrogens is 162 g/mol. The Morgan fingerprint density at radius 2 is 1.62 bits per heavy atom. The molecule has 72 valence electrons. The fourth-order valence-corrected chi connectivity index (χ4v) is 0.459. The summed E-state index contributed by atoms with van der Waals surface area (Å²) in [6, 6.07) is 5.28. The highest BCUT2D eigenvalue weighted by Gasteiger charge is 1.88. The van der Waals surface area contributed by atoms with Gasteiger partial charge in [0, 0.05) is 0 Å². The standard InChI is InChI=1S/C6H5N3.2C2H6/c1-5-2-3-6(4-7)9-8-5;2*1-2/h2-3H,1H3;2*1-2H3. The predicted molar refractivity (Wildman–Crippen MR) is 54.2 cm³/mol. The van der Waals surface area contributed by atoms with Crippen molar-refractivity contribution in [3.63, 3.8) is 0 Å². The molecule has 0 aliphatic heterocycles. The van der Waals surface area contributed by atoms with E-state index in [9.17, 15) is 0 Å². The van der Waals surface area contributed by atoms with Gasteiger partial charge >= 0.3 is 0 Å². The lowest BCUT2D eigenvalue weighted by Crippen LogP contribution is -1.87. The summed E-state index contributed by atoms with van der Waals surface area (Å²) in [5.41, 5.74) is 1.19. The average molecular weight is 179 g/mol. The van der Waals surface area contributed by atoms with Crippen molar-refractivity contribution in [3.8, 4) is 6.07 Å². The molecule has 0 atom stereocenters. The fraction of sp³-hybridized carbons (Fsp3) is 0.500. The van der Waals surface area contributed by atoms with E-state index in [1.807, 2.05) is 40.7 Å². The minimum absolute atomic E-state index is 0.362. The summed E-state index contributed by atoms with van der Waals surface area (Å²) in [5, 5.41) is 15.5. The van der Waals surface area contributed by atoms with Gasteiger partial charge < -0.3 is 0 Å². The Morgan fingerprint density at radius 3 is 1.92 bits per heavy atom. The number of hydrogen-bond donors (Lipinski definition) is 0. The van der Waals surface area contributed by atoms with E-state index in [1.165, 1.54) is 0 Å². The molecule has 0 spiro atoms. The Morgan fingerprint density at radius 1 is 1.08 bits per heavy atom. The lowest BCUT2D eigenvalue weighted by atomic mass is 10.4. The van der Waals surface area contributed by atoms with Gasteiger partial charge in [-0.25, -0.2) is 0 Å². The monoisotopic (exact) mass is 179 g/mol. The van der Waals surface area contributed by atoms with Crippen molar-refractivity contribution >= 4 is 0 Å². The van der Waals surface area contributed by atoms with Crippen LogP contribution in [0.1, 0.15) is 39.1 Å². The van der Waals surface area contributed by atoms with Gasteiger partial charge in [-0.2, -0.15) is 10.4 Å². The third-order valence-electron chi connectivity index (χ3n) is 0.912. The van der Waals surface area contributed by atoms with Crippen molar-refractivity contribution < 1.29 is 0 Å². The quantitative estimate of drug-likeness (QED) is 0.615. The van der Waals surface area contributed by atoms with Crippen LogP contribution in [0.4, 0.5) is 0 Å². The fourth-order valence-electron chi connectivity index (χ4n) is 0.459. The van der Waals surface area contributed by atoms with E-state index in [1.54, 1.807) is 12.1 Å². The summed E-state index contributed by atoms with van der Waals surface area (Å²) < 4.78 is 0. The van der Waals surface area contributed by atoms with Gasteiger partial charge in [0.2, 0.25) is 0 Å². The molecule has 1 aromatic heterocycles. The van der Waals surface area contributed by atoms with Crippen LogP contribution in [0.3, 0.4) is 0 Å². The molecule has 0 radical (unpaired) electrons. The molecule has 0 bridgehead atoms. The van der Waals surface area contributed by atoms with Crippen LogP contribution in [0.2, 0.25) is 0 Å². The Hall–Kier alpha value is -1.43. The third-order valence-corrected chi connectivity index (χ3v) is 0.912. The zero-order valence-electron chi connectivity index (χ0n) is 9.00. The normalized spacial score (nSPS) is 6.77. The summed E-state index contributed by atoms with van der Waals surface area (Å²) in [4.78, 5) is 0. The molecule has 0 saturated heterocycles. The predicted octanol–water partition coefficient (Wildman–Crippen LogP) is 2.71. The maximum absolute atomic E-state index is 8.28. The van der Waals surface area contributed by atoms with Gasteiger partial charge in [-0.05, 0) is 19.1 Å². The van der Waals surface area contributed by atoms with Crippen LogP contribution in [0.25, 0.3) is 0 Å². The molecule has 0 saturated carbocycles. The van der Waals surface area contributed by atoms with E-state index in [0.717, 1.165) is 5.69 Å². The van der Waals surface area contributed by atoms with Gasteiger partial charge in [0.15, 0.2) is 5.69 Å². The summed E-state index contributed by atoms with van der Waals surface area (Å²) in [5.74, 6) is 0. The highest BCUT2D eigenvalue weighted by molar-refractivity contribution is 5.18. The number of aromatic nitrogens is 2.